The average molecular weight is 359 g/mol. The molecule has 0 spiro atoms. The van der Waals surface area contributed by atoms with E-state index in [1.165, 1.54) is 0 Å². The van der Waals surface area contributed by atoms with Gasteiger partial charge in [-0.05, 0) is 26.7 Å². The van der Waals surface area contributed by atoms with Gasteiger partial charge in [0.25, 0.3) is 0 Å². The fraction of sp³-hybridized carbons (Fsp3) is 0.625. The van der Waals surface area contributed by atoms with Crippen LogP contribution in [0.4, 0.5) is 0 Å². The summed E-state index contributed by atoms with van der Waals surface area (Å²) in [5, 5.41) is 2.93. The highest BCUT2D eigenvalue weighted by Gasteiger charge is 2.03. The molecule has 1 aromatic rings. The minimum absolute atomic E-state index is 0. The Balaban J connectivity index is 0.00000400. The molecular weight excluding hydrogens is 332 g/mol. The van der Waals surface area contributed by atoms with Gasteiger partial charge in [0, 0.05) is 38.1 Å². The lowest BCUT2D eigenvalue weighted by molar-refractivity contribution is -0.697. The van der Waals surface area contributed by atoms with Gasteiger partial charge in [0.15, 0.2) is 12.4 Å². The van der Waals surface area contributed by atoms with Crippen LogP contribution < -0.4 is 26.9 Å². The number of amides is 1. The summed E-state index contributed by atoms with van der Waals surface area (Å²) in [6.45, 7) is 6.42. The van der Waals surface area contributed by atoms with Crippen LogP contribution in [0.25, 0.3) is 0 Å². The third-order valence-corrected chi connectivity index (χ3v) is 2.94. The third kappa shape index (κ3) is 11.4. The Morgan fingerprint density at radius 2 is 1.86 bits per heavy atom. The molecule has 0 fully saturated rings. The fourth-order valence-electron chi connectivity index (χ4n) is 1.87. The first kappa shape index (κ1) is 20.1. The van der Waals surface area contributed by atoms with E-state index in [0.29, 0.717) is 19.6 Å². The van der Waals surface area contributed by atoms with Crippen LogP contribution in [0.2, 0.25) is 0 Å². The second-order valence-corrected chi connectivity index (χ2v) is 5.19. The van der Waals surface area contributed by atoms with E-state index in [0.717, 1.165) is 25.8 Å². The summed E-state index contributed by atoms with van der Waals surface area (Å²) < 4.78 is 7.56. The lowest BCUT2D eigenvalue weighted by Crippen LogP contribution is -3.00. The zero-order valence-electron chi connectivity index (χ0n) is 13.1. The number of aryl methyl sites for hydroxylation is 1. The van der Waals surface area contributed by atoms with Gasteiger partial charge in [-0.25, -0.2) is 4.57 Å². The van der Waals surface area contributed by atoms with Crippen LogP contribution in [0, 0.1) is 0 Å². The van der Waals surface area contributed by atoms with Gasteiger partial charge in [-0.1, -0.05) is 6.07 Å². The van der Waals surface area contributed by atoms with E-state index in [-0.39, 0.29) is 29.0 Å². The first-order chi connectivity index (χ1) is 9.68. The molecule has 0 aromatic carbocycles. The predicted molar refractivity (Wildman–Crippen MR) is 79.2 cm³/mol. The molecular formula is C16H27BrN2O2. The Bertz CT molecular complexity index is 372. The SMILES string of the molecule is CC(C)OCCCNC(=O)CCCC[n+]1ccccc1.[Br-]. The maximum absolute atomic E-state index is 11.6. The first-order valence-electron chi connectivity index (χ1n) is 7.51. The van der Waals surface area contributed by atoms with E-state index < -0.39 is 0 Å². The summed E-state index contributed by atoms with van der Waals surface area (Å²) in [5.41, 5.74) is 0. The molecule has 1 heterocycles. The van der Waals surface area contributed by atoms with Crippen molar-refractivity contribution < 1.29 is 31.1 Å². The first-order valence-corrected chi connectivity index (χ1v) is 7.51. The van der Waals surface area contributed by atoms with E-state index in [2.05, 4.69) is 22.3 Å². The van der Waals surface area contributed by atoms with Crippen molar-refractivity contribution in [2.24, 2.45) is 0 Å². The zero-order chi connectivity index (χ0) is 14.6. The van der Waals surface area contributed by atoms with E-state index in [9.17, 15) is 4.79 Å². The van der Waals surface area contributed by atoms with Crippen LogP contribution in [0.1, 0.15) is 39.5 Å². The van der Waals surface area contributed by atoms with Crippen molar-refractivity contribution in [1.82, 2.24) is 5.32 Å². The molecule has 0 saturated carbocycles. The van der Waals surface area contributed by atoms with Crippen LogP contribution in [0.3, 0.4) is 0 Å². The normalized spacial score (nSPS) is 10.2. The largest absolute Gasteiger partial charge is 1.00 e. The summed E-state index contributed by atoms with van der Waals surface area (Å²) in [7, 11) is 0. The number of rotatable bonds is 10. The number of carbonyl (C=O) groups is 1. The fourth-order valence-corrected chi connectivity index (χ4v) is 1.87. The van der Waals surface area contributed by atoms with Crippen molar-refractivity contribution >= 4 is 5.91 Å². The van der Waals surface area contributed by atoms with E-state index >= 15 is 0 Å². The van der Waals surface area contributed by atoms with Crippen LogP contribution in [-0.4, -0.2) is 25.2 Å². The Kier molecular flexibility index (Phi) is 12.2. The number of nitrogens with zero attached hydrogens (tertiary/aromatic N) is 1. The molecule has 0 atom stereocenters. The van der Waals surface area contributed by atoms with Crippen molar-refractivity contribution in [3.05, 3.63) is 30.6 Å². The summed E-state index contributed by atoms with van der Waals surface area (Å²) >= 11 is 0. The molecule has 5 heteroatoms. The zero-order valence-corrected chi connectivity index (χ0v) is 14.6. The molecule has 0 radical (unpaired) electrons. The van der Waals surface area contributed by atoms with Gasteiger partial charge in [-0.2, -0.15) is 0 Å². The molecule has 0 unspecified atom stereocenters. The van der Waals surface area contributed by atoms with E-state index in [1.807, 2.05) is 32.0 Å². The van der Waals surface area contributed by atoms with Gasteiger partial charge in [-0.3, -0.25) is 4.79 Å². The summed E-state index contributed by atoms with van der Waals surface area (Å²) in [6.07, 6.45) is 7.81. The second kappa shape index (κ2) is 12.8. The highest BCUT2D eigenvalue weighted by molar-refractivity contribution is 5.75. The topological polar surface area (TPSA) is 42.2 Å². The molecule has 120 valence electrons. The summed E-state index contributed by atoms with van der Waals surface area (Å²) in [6, 6.07) is 6.05. The van der Waals surface area contributed by atoms with Crippen LogP contribution in [-0.2, 0) is 16.1 Å². The predicted octanol–water partition coefficient (Wildman–Crippen LogP) is -0.920. The van der Waals surface area contributed by atoms with Gasteiger partial charge < -0.3 is 27.0 Å². The summed E-state index contributed by atoms with van der Waals surface area (Å²) in [5.74, 6) is 0.146. The van der Waals surface area contributed by atoms with Gasteiger partial charge >= 0.3 is 0 Å². The van der Waals surface area contributed by atoms with Crippen molar-refractivity contribution in [1.29, 1.82) is 0 Å². The van der Waals surface area contributed by atoms with Gasteiger partial charge in [0.05, 0.1) is 6.10 Å². The number of carbonyl (C=O) groups excluding carboxylic acids is 1. The number of nitrogens with one attached hydrogen (secondary N) is 1. The molecule has 0 aliphatic heterocycles. The van der Waals surface area contributed by atoms with Gasteiger partial charge in [0.2, 0.25) is 5.91 Å². The molecule has 0 aliphatic carbocycles. The maximum atomic E-state index is 11.6. The van der Waals surface area contributed by atoms with Crippen molar-refractivity contribution in [2.75, 3.05) is 13.2 Å². The van der Waals surface area contributed by atoms with Crippen molar-refractivity contribution in [2.45, 2.75) is 52.2 Å². The lowest BCUT2D eigenvalue weighted by Gasteiger charge is -2.08. The van der Waals surface area contributed by atoms with Crippen LogP contribution >= 0.6 is 0 Å². The number of unbranched alkanes of at least 4 members (excludes halogenated alkanes) is 1. The number of pyridine rings is 1. The van der Waals surface area contributed by atoms with Gasteiger partial charge in [0.1, 0.15) is 6.54 Å². The second-order valence-electron chi connectivity index (χ2n) is 5.19. The molecule has 1 amide bonds. The third-order valence-electron chi connectivity index (χ3n) is 2.94. The molecule has 0 bridgehead atoms. The van der Waals surface area contributed by atoms with Crippen LogP contribution in [0.15, 0.2) is 30.6 Å². The highest BCUT2D eigenvalue weighted by atomic mass is 79.9. The number of aromatic nitrogens is 1. The number of hydrogen-bond donors (Lipinski definition) is 1. The number of ether oxygens (including phenoxy) is 1. The Hall–Kier alpha value is -0.940. The molecule has 4 nitrogen and oxygen atoms in total. The Morgan fingerprint density at radius 3 is 2.52 bits per heavy atom. The molecule has 1 N–H and O–H groups in total. The molecule has 0 saturated heterocycles. The average Bonchev–Trinajstić information content (AvgIpc) is 2.44. The Morgan fingerprint density at radius 1 is 1.14 bits per heavy atom. The van der Waals surface area contributed by atoms with Crippen molar-refractivity contribution in [3.8, 4) is 0 Å². The minimum atomic E-state index is 0. The van der Waals surface area contributed by atoms with Gasteiger partial charge in [-0.15, -0.1) is 0 Å². The monoisotopic (exact) mass is 358 g/mol. The molecule has 21 heavy (non-hydrogen) atoms. The maximum Gasteiger partial charge on any atom is 0.219 e. The number of halogens is 1. The van der Waals surface area contributed by atoms with E-state index in [1.54, 1.807) is 0 Å². The van der Waals surface area contributed by atoms with Crippen LogP contribution in [0.5, 0.6) is 0 Å². The molecule has 1 aromatic heterocycles. The molecule has 0 aliphatic rings. The standard InChI is InChI=1S/C16H26N2O2.BrH/c1-15(2)20-14-8-10-17-16(19)9-4-7-13-18-11-5-3-6-12-18;/h3,5-6,11-12,15H,4,7-10,13-14H2,1-2H3;1H. The Labute approximate surface area is 138 Å². The molecule has 1 rings (SSSR count). The highest BCUT2D eigenvalue weighted by Crippen LogP contribution is 1.96. The van der Waals surface area contributed by atoms with E-state index in [4.69, 9.17) is 4.74 Å². The minimum Gasteiger partial charge on any atom is -1.00 e. The number of hydrogen-bond acceptors (Lipinski definition) is 2. The lowest BCUT2D eigenvalue weighted by atomic mass is 10.2. The smallest absolute Gasteiger partial charge is 0.219 e. The summed E-state index contributed by atoms with van der Waals surface area (Å²) in [4.78, 5) is 11.6. The van der Waals surface area contributed by atoms with Crippen molar-refractivity contribution in [3.63, 3.8) is 0 Å². The quantitative estimate of drug-likeness (QED) is 0.434.